The molecule has 0 aliphatic rings. The van der Waals surface area contributed by atoms with E-state index in [1.54, 1.807) is 25.3 Å². The lowest BCUT2D eigenvalue weighted by molar-refractivity contribution is -0.139. The van der Waals surface area contributed by atoms with Gasteiger partial charge in [-0.2, -0.15) is 0 Å². The Kier molecular flexibility index (Phi) is 5.09. The van der Waals surface area contributed by atoms with Crippen LogP contribution in [-0.4, -0.2) is 29.9 Å². The van der Waals surface area contributed by atoms with Crippen LogP contribution in [0.2, 0.25) is 0 Å². The Labute approximate surface area is 99.6 Å². The van der Waals surface area contributed by atoms with E-state index in [0.29, 0.717) is 12.2 Å². The first-order valence-electron chi connectivity index (χ1n) is 5.35. The largest absolute Gasteiger partial charge is 0.347 e. The Morgan fingerprint density at radius 3 is 2.76 bits per heavy atom. The number of nitrogens with two attached hydrogens (primary N) is 1. The van der Waals surface area contributed by atoms with Crippen molar-refractivity contribution in [1.82, 2.24) is 15.6 Å². The van der Waals surface area contributed by atoms with E-state index in [1.165, 1.54) is 0 Å². The Hall–Kier alpha value is -1.95. The molecule has 1 aromatic heterocycles. The maximum absolute atomic E-state index is 11.4. The second-order valence-electron chi connectivity index (χ2n) is 3.49. The zero-order valence-electron chi connectivity index (χ0n) is 9.64. The van der Waals surface area contributed by atoms with Crippen molar-refractivity contribution in [1.29, 1.82) is 0 Å². The number of amides is 2. The molecular weight excluding hydrogens is 220 g/mol. The van der Waals surface area contributed by atoms with Crippen LogP contribution < -0.4 is 16.4 Å². The van der Waals surface area contributed by atoms with Crippen LogP contribution in [0.4, 0.5) is 0 Å². The van der Waals surface area contributed by atoms with Crippen LogP contribution in [-0.2, 0) is 9.59 Å². The molecule has 1 atom stereocenters. The minimum atomic E-state index is -0.684. The highest BCUT2D eigenvalue weighted by atomic mass is 16.2. The fourth-order valence-electron chi connectivity index (χ4n) is 1.23. The molecule has 4 N–H and O–H groups in total. The molecule has 0 saturated carbocycles. The number of aromatic nitrogens is 1. The molecule has 0 aliphatic carbocycles. The van der Waals surface area contributed by atoms with Crippen LogP contribution in [0.25, 0.3) is 0 Å². The minimum absolute atomic E-state index is 0.282. The van der Waals surface area contributed by atoms with Gasteiger partial charge in [0.05, 0.1) is 11.7 Å². The molecule has 0 radical (unpaired) electrons. The van der Waals surface area contributed by atoms with E-state index in [1.807, 2.05) is 6.07 Å². The summed E-state index contributed by atoms with van der Waals surface area (Å²) in [5.74, 6) is -1.37. The number of nitrogens with zero attached hydrogens (tertiary/aromatic N) is 1. The van der Waals surface area contributed by atoms with Crippen molar-refractivity contribution in [3.63, 3.8) is 0 Å². The van der Waals surface area contributed by atoms with Crippen molar-refractivity contribution in [2.75, 3.05) is 13.1 Å². The highest BCUT2D eigenvalue weighted by Gasteiger charge is 2.16. The Balaban J connectivity index is 2.49. The molecule has 1 unspecified atom stereocenters. The molecule has 0 aliphatic heterocycles. The maximum Gasteiger partial charge on any atom is 0.309 e. The molecule has 0 bridgehead atoms. The predicted molar refractivity (Wildman–Crippen MR) is 62.9 cm³/mol. The van der Waals surface area contributed by atoms with Crippen LogP contribution in [0.15, 0.2) is 24.4 Å². The standard InChI is InChI=1S/C11H16N4O2/c1-8(9-4-2-3-6-13-9)15-11(17)10(16)14-7-5-12/h2-4,6,8H,5,7,12H2,1H3,(H,14,16)(H,15,17). The zero-order valence-corrected chi connectivity index (χ0v) is 9.64. The van der Waals surface area contributed by atoms with Crippen LogP contribution in [0.1, 0.15) is 18.7 Å². The van der Waals surface area contributed by atoms with E-state index in [9.17, 15) is 9.59 Å². The SMILES string of the molecule is CC(NC(=O)C(=O)NCCN)c1ccccn1. The van der Waals surface area contributed by atoms with Crippen molar-refractivity contribution in [2.24, 2.45) is 5.73 Å². The van der Waals surface area contributed by atoms with Gasteiger partial charge in [-0.05, 0) is 19.1 Å². The number of hydrogen-bond donors (Lipinski definition) is 3. The smallest absolute Gasteiger partial charge is 0.309 e. The van der Waals surface area contributed by atoms with Gasteiger partial charge in [-0.25, -0.2) is 0 Å². The van der Waals surface area contributed by atoms with Crippen molar-refractivity contribution < 1.29 is 9.59 Å². The van der Waals surface area contributed by atoms with Gasteiger partial charge in [0.1, 0.15) is 0 Å². The molecule has 1 rings (SSSR count). The van der Waals surface area contributed by atoms with Gasteiger partial charge in [-0.1, -0.05) is 6.07 Å². The molecule has 92 valence electrons. The first kappa shape index (κ1) is 13.1. The van der Waals surface area contributed by atoms with Gasteiger partial charge in [0.2, 0.25) is 0 Å². The number of hydrogen-bond acceptors (Lipinski definition) is 4. The van der Waals surface area contributed by atoms with Gasteiger partial charge >= 0.3 is 11.8 Å². The third kappa shape index (κ3) is 4.20. The van der Waals surface area contributed by atoms with E-state index in [0.717, 1.165) is 0 Å². The lowest BCUT2D eigenvalue weighted by Gasteiger charge is -2.12. The lowest BCUT2D eigenvalue weighted by Crippen LogP contribution is -2.42. The number of rotatable bonds is 4. The van der Waals surface area contributed by atoms with Crippen LogP contribution in [0.3, 0.4) is 0 Å². The van der Waals surface area contributed by atoms with Crippen LogP contribution in [0.5, 0.6) is 0 Å². The molecular formula is C11H16N4O2. The van der Waals surface area contributed by atoms with Gasteiger partial charge in [0, 0.05) is 19.3 Å². The predicted octanol–water partition coefficient (Wildman–Crippen LogP) is -0.666. The molecule has 1 aromatic rings. The van der Waals surface area contributed by atoms with Crippen molar-refractivity contribution >= 4 is 11.8 Å². The minimum Gasteiger partial charge on any atom is -0.347 e. The number of carbonyl (C=O) groups is 2. The number of nitrogens with one attached hydrogen (secondary N) is 2. The molecule has 0 fully saturated rings. The normalized spacial score (nSPS) is 11.6. The summed E-state index contributed by atoms with van der Waals surface area (Å²) in [5, 5.41) is 4.94. The van der Waals surface area contributed by atoms with E-state index in [4.69, 9.17) is 5.73 Å². The summed E-state index contributed by atoms with van der Waals surface area (Å²) < 4.78 is 0. The Morgan fingerprint density at radius 2 is 2.18 bits per heavy atom. The number of carbonyl (C=O) groups excluding carboxylic acids is 2. The quantitative estimate of drug-likeness (QED) is 0.604. The molecule has 17 heavy (non-hydrogen) atoms. The first-order chi connectivity index (χ1) is 8.15. The van der Waals surface area contributed by atoms with E-state index in [-0.39, 0.29) is 12.6 Å². The molecule has 0 spiro atoms. The first-order valence-corrected chi connectivity index (χ1v) is 5.35. The zero-order chi connectivity index (χ0) is 12.7. The van der Waals surface area contributed by atoms with E-state index < -0.39 is 11.8 Å². The summed E-state index contributed by atoms with van der Waals surface area (Å²) in [4.78, 5) is 26.8. The highest BCUT2D eigenvalue weighted by Crippen LogP contribution is 2.06. The third-order valence-corrected chi connectivity index (χ3v) is 2.12. The van der Waals surface area contributed by atoms with Crippen LogP contribution in [0, 0.1) is 0 Å². The summed E-state index contributed by atoms with van der Waals surface area (Å²) in [5.41, 5.74) is 5.91. The molecule has 0 aromatic carbocycles. The summed E-state index contributed by atoms with van der Waals surface area (Å²) in [6.07, 6.45) is 1.63. The van der Waals surface area contributed by atoms with E-state index >= 15 is 0 Å². The van der Waals surface area contributed by atoms with Crippen molar-refractivity contribution in [3.05, 3.63) is 30.1 Å². The van der Waals surface area contributed by atoms with Gasteiger partial charge < -0.3 is 16.4 Å². The average Bonchev–Trinajstić information content (AvgIpc) is 2.36. The van der Waals surface area contributed by atoms with Gasteiger partial charge in [0.15, 0.2) is 0 Å². The summed E-state index contributed by atoms with van der Waals surface area (Å²) in [6.45, 7) is 2.34. The molecule has 1 heterocycles. The second kappa shape index (κ2) is 6.59. The van der Waals surface area contributed by atoms with Gasteiger partial charge in [-0.3, -0.25) is 14.6 Å². The molecule has 2 amide bonds. The lowest BCUT2D eigenvalue weighted by atomic mass is 10.2. The molecule has 0 saturated heterocycles. The summed E-state index contributed by atoms with van der Waals surface area (Å²) in [7, 11) is 0. The summed E-state index contributed by atoms with van der Waals surface area (Å²) in [6, 6.07) is 5.07. The Morgan fingerprint density at radius 1 is 1.41 bits per heavy atom. The number of pyridine rings is 1. The average molecular weight is 236 g/mol. The van der Waals surface area contributed by atoms with Crippen molar-refractivity contribution in [3.8, 4) is 0 Å². The van der Waals surface area contributed by atoms with Crippen LogP contribution >= 0.6 is 0 Å². The maximum atomic E-state index is 11.4. The highest BCUT2D eigenvalue weighted by molar-refractivity contribution is 6.35. The fraction of sp³-hybridized carbons (Fsp3) is 0.364. The van der Waals surface area contributed by atoms with Crippen molar-refractivity contribution in [2.45, 2.75) is 13.0 Å². The second-order valence-corrected chi connectivity index (χ2v) is 3.49. The Bertz CT molecular complexity index is 380. The summed E-state index contributed by atoms with van der Waals surface area (Å²) >= 11 is 0. The molecule has 6 nitrogen and oxygen atoms in total. The fourth-order valence-corrected chi connectivity index (χ4v) is 1.23. The molecule has 6 heteroatoms. The topological polar surface area (TPSA) is 97.1 Å². The monoisotopic (exact) mass is 236 g/mol. The van der Waals surface area contributed by atoms with Gasteiger partial charge in [-0.15, -0.1) is 0 Å². The third-order valence-electron chi connectivity index (χ3n) is 2.12. The van der Waals surface area contributed by atoms with Gasteiger partial charge in [0.25, 0.3) is 0 Å². The van der Waals surface area contributed by atoms with E-state index in [2.05, 4.69) is 15.6 Å².